The largest absolute Gasteiger partial charge is 0.495 e. The molecular weight excluding hydrogens is 494 g/mol. The molecule has 1 amide bonds. The molecule has 1 aliphatic rings. The zero-order valence-electron chi connectivity index (χ0n) is 18.2. The molecule has 0 radical (unpaired) electrons. The monoisotopic (exact) mass is 519 g/mol. The highest BCUT2D eigenvalue weighted by atomic mass is 79.9. The van der Waals surface area contributed by atoms with Crippen molar-refractivity contribution in [1.29, 1.82) is 0 Å². The third-order valence-electron chi connectivity index (χ3n) is 5.43. The molecule has 0 bridgehead atoms. The second-order valence-corrected chi connectivity index (χ2v) is 9.31. The lowest BCUT2D eigenvalue weighted by molar-refractivity contribution is 0.0376. The topological polar surface area (TPSA) is 64.1 Å². The number of thiazole rings is 1. The van der Waals surface area contributed by atoms with Crippen LogP contribution in [0.1, 0.15) is 16.8 Å². The lowest BCUT2D eigenvalue weighted by atomic mass is 10.2. The Labute approximate surface area is 200 Å². The number of hydrogen-bond acceptors (Lipinski definition) is 7. The molecule has 170 valence electrons. The molecule has 3 aromatic rings. The van der Waals surface area contributed by atoms with Crippen molar-refractivity contribution in [2.75, 3.05) is 58.5 Å². The van der Waals surface area contributed by atoms with Gasteiger partial charge in [-0.3, -0.25) is 14.6 Å². The van der Waals surface area contributed by atoms with E-state index in [1.807, 2.05) is 36.4 Å². The minimum atomic E-state index is -0.0727. The zero-order chi connectivity index (χ0) is 22.5. The number of aromatic nitrogens is 1. The van der Waals surface area contributed by atoms with Gasteiger partial charge in [0.15, 0.2) is 5.13 Å². The van der Waals surface area contributed by atoms with Crippen LogP contribution in [-0.4, -0.2) is 69.4 Å². The van der Waals surface area contributed by atoms with E-state index in [0.29, 0.717) is 34.3 Å². The van der Waals surface area contributed by atoms with Crippen LogP contribution in [-0.2, 0) is 4.74 Å². The Morgan fingerprint density at radius 3 is 2.50 bits per heavy atom. The first kappa shape index (κ1) is 23.0. The standard InChI is InChI=1S/C23H26BrN3O4S/c1-29-18-8-9-19(30-2)21-20(18)25-23(32-21)27(11-3-10-26-12-14-31-15-13-26)22(28)16-4-6-17(24)7-5-16/h4-9H,3,10-15H2,1-2H3. The maximum atomic E-state index is 13.5. The van der Waals surface area contributed by atoms with Crippen LogP contribution >= 0.6 is 27.3 Å². The van der Waals surface area contributed by atoms with Gasteiger partial charge in [0.25, 0.3) is 5.91 Å². The molecule has 2 aromatic carbocycles. The van der Waals surface area contributed by atoms with E-state index in [1.54, 1.807) is 19.1 Å². The lowest BCUT2D eigenvalue weighted by Crippen LogP contribution is -2.39. The molecular formula is C23H26BrN3O4S. The summed E-state index contributed by atoms with van der Waals surface area (Å²) in [5.74, 6) is 1.30. The smallest absolute Gasteiger partial charge is 0.260 e. The van der Waals surface area contributed by atoms with Crippen molar-refractivity contribution in [2.45, 2.75) is 6.42 Å². The summed E-state index contributed by atoms with van der Waals surface area (Å²) in [5.41, 5.74) is 1.33. The maximum Gasteiger partial charge on any atom is 0.260 e. The molecule has 0 atom stereocenters. The van der Waals surface area contributed by atoms with Gasteiger partial charge in [0.1, 0.15) is 21.7 Å². The number of rotatable bonds is 8. The zero-order valence-corrected chi connectivity index (χ0v) is 20.6. The molecule has 0 spiro atoms. The Hall–Kier alpha value is -2.20. The second kappa shape index (κ2) is 10.6. The van der Waals surface area contributed by atoms with Crippen molar-refractivity contribution >= 4 is 48.5 Å². The average molecular weight is 520 g/mol. The molecule has 0 unspecified atom stereocenters. The van der Waals surface area contributed by atoms with Crippen molar-refractivity contribution in [3.63, 3.8) is 0 Å². The Morgan fingerprint density at radius 2 is 1.81 bits per heavy atom. The Balaban J connectivity index is 1.64. The van der Waals surface area contributed by atoms with Crippen molar-refractivity contribution in [3.8, 4) is 11.5 Å². The first-order chi connectivity index (χ1) is 15.6. The van der Waals surface area contributed by atoms with Gasteiger partial charge >= 0.3 is 0 Å². The van der Waals surface area contributed by atoms with Gasteiger partial charge in [0, 0.05) is 36.2 Å². The summed E-state index contributed by atoms with van der Waals surface area (Å²) in [4.78, 5) is 22.4. The van der Waals surface area contributed by atoms with Crippen LogP contribution in [0.5, 0.6) is 11.5 Å². The fourth-order valence-electron chi connectivity index (χ4n) is 3.70. The van der Waals surface area contributed by atoms with E-state index in [9.17, 15) is 4.79 Å². The number of methoxy groups -OCH3 is 2. The summed E-state index contributed by atoms with van der Waals surface area (Å²) in [5, 5.41) is 0.637. The van der Waals surface area contributed by atoms with Gasteiger partial charge in [-0.25, -0.2) is 4.98 Å². The van der Waals surface area contributed by atoms with Crippen molar-refractivity contribution in [2.24, 2.45) is 0 Å². The Morgan fingerprint density at radius 1 is 1.12 bits per heavy atom. The first-order valence-corrected chi connectivity index (χ1v) is 12.1. The predicted octanol–water partition coefficient (Wildman–Crippen LogP) is 4.45. The predicted molar refractivity (Wildman–Crippen MR) is 130 cm³/mol. The van der Waals surface area contributed by atoms with E-state index in [1.165, 1.54) is 11.3 Å². The Kier molecular flexibility index (Phi) is 7.62. The SMILES string of the molecule is COc1ccc(OC)c2sc(N(CCCN3CCOCC3)C(=O)c3ccc(Br)cc3)nc12. The average Bonchev–Trinajstić information content (AvgIpc) is 3.27. The molecule has 1 saturated heterocycles. The van der Waals surface area contributed by atoms with Crippen molar-refractivity contribution in [1.82, 2.24) is 9.88 Å². The molecule has 9 heteroatoms. The van der Waals surface area contributed by atoms with Crippen molar-refractivity contribution < 1.29 is 19.0 Å². The number of amides is 1. The lowest BCUT2D eigenvalue weighted by Gasteiger charge is -2.27. The van der Waals surface area contributed by atoms with Crippen LogP contribution in [0.15, 0.2) is 40.9 Å². The van der Waals surface area contributed by atoms with Crippen LogP contribution < -0.4 is 14.4 Å². The van der Waals surface area contributed by atoms with E-state index < -0.39 is 0 Å². The molecule has 1 fully saturated rings. The molecule has 0 aliphatic carbocycles. The Bertz CT molecular complexity index is 1030. The number of benzene rings is 2. The van der Waals surface area contributed by atoms with Gasteiger partial charge in [-0.05, 0) is 42.8 Å². The third kappa shape index (κ3) is 5.06. The molecule has 0 N–H and O–H groups in total. The fourth-order valence-corrected chi connectivity index (χ4v) is 5.06. The second-order valence-electron chi connectivity index (χ2n) is 7.42. The van der Waals surface area contributed by atoms with E-state index >= 15 is 0 Å². The highest BCUT2D eigenvalue weighted by molar-refractivity contribution is 9.10. The number of ether oxygens (including phenoxy) is 3. The molecule has 1 aliphatic heterocycles. The van der Waals surface area contributed by atoms with E-state index in [-0.39, 0.29) is 5.91 Å². The van der Waals surface area contributed by atoms with Crippen LogP contribution in [0, 0.1) is 0 Å². The minimum Gasteiger partial charge on any atom is -0.495 e. The summed E-state index contributed by atoms with van der Waals surface area (Å²) >= 11 is 4.88. The summed E-state index contributed by atoms with van der Waals surface area (Å²) < 4.78 is 18.3. The summed E-state index contributed by atoms with van der Waals surface area (Å²) in [6, 6.07) is 11.1. The van der Waals surface area contributed by atoms with Crippen LogP contribution in [0.2, 0.25) is 0 Å². The highest BCUT2D eigenvalue weighted by Gasteiger charge is 2.24. The number of fused-ring (bicyclic) bond motifs is 1. The number of anilines is 1. The van der Waals surface area contributed by atoms with Gasteiger partial charge in [0.05, 0.1) is 27.4 Å². The molecule has 1 aromatic heterocycles. The minimum absolute atomic E-state index is 0.0727. The number of nitrogens with zero attached hydrogens (tertiary/aromatic N) is 3. The molecule has 0 saturated carbocycles. The number of morpholine rings is 1. The molecule has 2 heterocycles. The number of hydrogen-bond donors (Lipinski definition) is 0. The number of carbonyl (C=O) groups is 1. The van der Waals surface area contributed by atoms with Gasteiger partial charge in [-0.15, -0.1) is 0 Å². The van der Waals surface area contributed by atoms with E-state index in [0.717, 1.165) is 48.4 Å². The van der Waals surface area contributed by atoms with Gasteiger partial charge in [0.2, 0.25) is 0 Å². The molecule has 4 rings (SSSR count). The van der Waals surface area contributed by atoms with Crippen molar-refractivity contribution in [3.05, 3.63) is 46.4 Å². The third-order valence-corrected chi connectivity index (χ3v) is 7.05. The fraction of sp³-hybridized carbons (Fsp3) is 0.391. The van der Waals surface area contributed by atoms with E-state index in [2.05, 4.69) is 20.8 Å². The van der Waals surface area contributed by atoms with Gasteiger partial charge in [-0.1, -0.05) is 27.3 Å². The molecule has 32 heavy (non-hydrogen) atoms. The summed E-state index contributed by atoms with van der Waals surface area (Å²) in [7, 11) is 3.25. The van der Waals surface area contributed by atoms with Gasteiger partial charge < -0.3 is 14.2 Å². The number of halogens is 1. The first-order valence-electron chi connectivity index (χ1n) is 10.5. The van der Waals surface area contributed by atoms with Gasteiger partial charge in [-0.2, -0.15) is 0 Å². The normalized spacial score (nSPS) is 14.5. The quantitative estimate of drug-likeness (QED) is 0.438. The highest BCUT2D eigenvalue weighted by Crippen LogP contribution is 2.40. The maximum absolute atomic E-state index is 13.5. The van der Waals surface area contributed by atoms with Crippen LogP contribution in [0.25, 0.3) is 10.2 Å². The van der Waals surface area contributed by atoms with E-state index in [4.69, 9.17) is 19.2 Å². The van der Waals surface area contributed by atoms with Crippen LogP contribution in [0.3, 0.4) is 0 Å². The number of carbonyl (C=O) groups excluding carboxylic acids is 1. The molecule has 7 nitrogen and oxygen atoms in total. The van der Waals surface area contributed by atoms with Crippen LogP contribution in [0.4, 0.5) is 5.13 Å². The summed E-state index contributed by atoms with van der Waals surface area (Å²) in [6.45, 7) is 4.85. The summed E-state index contributed by atoms with van der Waals surface area (Å²) in [6.07, 6.45) is 0.840.